The molecule has 0 spiro atoms. The van der Waals surface area contributed by atoms with E-state index in [1.165, 1.54) is 11.8 Å². The summed E-state index contributed by atoms with van der Waals surface area (Å²) in [6.07, 6.45) is 1.95. The Kier molecular flexibility index (Phi) is 6.77. The molecule has 0 unspecified atom stereocenters. The summed E-state index contributed by atoms with van der Waals surface area (Å²) in [4.78, 5) is 0. The van der Waals surface area contributed by atoms with Crippen LogP contribution in [0.1, 0.15) is 55.4 Å². The molecule has 19 heavy (non-hydrogen) atoms. The van der Waals surface area contributed by atoms with Crippen molar-refractivity contribution in [2.24, 2.45) is 26.1 Å². The molecule has 0 bridgehead atoms. The van der Waals surface area contributed by atoms with Crippen molar-refractivity contribution in [2.75, 3.05) is 6.26 Å². The first kappa shape index (κ1) is 18.2. The van der Waals surface area contributed by atoms with E-state index in [1.54, 1.807) is 0 Å². The first-order chi connectivity index (χ1) is 8.48. The Hall–Kier alpha value is -0.840. The van der Waals surface area contributed by atoms with Gasteiger partial charge in [-0.25, -0.2) is 0 Å². The number of hydrazone groups is 1. The monoisotopic (exact) mass is 284 g/mol. The lowest BCUT2D eigenvalue weighted by Crippen LogP contribution is -2.23. The Balaban J connectivity index is 4.88. The fraction of sp³-hybridized carbons (Fsp3) is 0.786. The third kappa shape index (κ3) is 7.35. The highest BCUT2D eigenvalue weighted by Crippen LogP contribution is 2.16. The summed E-state index contributed by atoms with van der Waals surface area (Å²) >= 11 is 1.50. The molecule has 0 aromatic heterocycles. The highest BCUT2D eigenvalue weighted by atomic mass is 32.2. The predicted molar refractivity (Wildman–Crippen MR) is 89.2 cm³/mol. The van der Waals surface area contributed by atoms with Crippen LogP contribution in [0.15, 0.2) is 15.3 Å². The highest BCUT2D eigenvalue weighted by molar-refractivity contribution is 8.13. The first-order valence-corrected chi connectivity index (χ1v) is 7.68. The maximum atomic E-state index is 4.35. The molecular weight excluding hydrogens is 256 g/mol. The molecule has 0 saturated heterocycles. The van der Waals surface area contributed by atoms with Gasteiger partial charge in [-0.1, -0.05) is 53.3 Å². The summed E-state index contributed by atoms with van der Waals surface area (Å²) < 4.78 is 0. The second kappa shape index (κ2) is 7.08. The van der Waals surface area contributed by atoms with Crippen LogP contribution in [0.2, 0.25) is 0 Å². The Morgan fingerprint density at radius 2 is 1.32 bits per heavy atom. The van der Waals surface area contributed by atoms with Gasteiger partial charge in [-0.05, 0) is 20.1 Å². The molecule has 0 aliphatic carbocycles. The zero-order valence-electron chi connectivity index (χ0n) is 13.7. The van der Waals surface area contributed by atoms with Crippen LogP contribution in [0.4, 0.5) is 0 Å². The lowest BCUT2D eigenvalue weighted by atomic mass is 9.91. The van der Waals surface area contributed by atoms with E-state index < -0.39 is 0 Å². The number of thioether (sulfide) groups is 1. The summed E-state index contributed by atoms with van der Waals surface area (Å²) in [6, 6.07) is 0. The molecule has 1 N–H and O–H groups in total. The van der Waals surface area contributed by atoms with E-state index in [4.69, 9.17) is 0 Å². The maximum Gasteiger partial charge on any atom is 0.203 e. The van der Waals surface area contributed by atoms with E-state index in [1.807, 2.05) is 20.1 Å². The van der Waals surface area contributed by atoms with Crippen LogP contribution < -0.4 is 5.43 Å². The Morgan fingerprint density at radius 3 is 1.68 bits per heavy atom. The van der Waals surface area contributed by atoms with E-state index in [0.717, 1.165) is 11.4 Å². The van der Waals surface area contributed by atoms with E-state index >= 15 is 0 Å². The smallest absolute Gasteiger partial charge is 0.203 e. The quantitative estimate of drug-likeness (QED) is 0.470. The van der Waals surface area contributed by atoms with Crippen LogP contribution in [0, 0.1) is 10.8 Å². The predicted octanol–water partition coefficient (Wildman–Crippen LogP) is 4.14. The first-order valence-electron chi connectivity index (χ1n) is 6.46. The van der Waals surface area contributed by atoms with Crippen molar-refractivity contribution in [2.45, 2.75) is 55.4 Å². The van der Waals surface area contributed by atoms with Gasteiger partial charge in [0, 0.05) is 22.3 Å². The average Bonchev–Trinajstić information content (AvgIpc) is 2.25. The number of rotatable bonds is 2. The fourth-order valence-corrected chi connectivity index (χ4v) is 0.938. The van der Waals surface area contributed by atoms with Crippen LogP contribution in [0.5, 0.6) is 0 Å². The maximum absolute atomic E-state index is 4.35. The number of nitrogens with zero attached hydrogens (tertiary/aromatic N) is 3. The van der Waals surface area contributed by atoms with Crippen molar-refractivity contribution in [1.29, 1.82) is 0 Å². The molecule has 0 heterocycles. The molecule has 0 aromatic carbocycles. The van der Waals surface area contributed by atoms with E-state index in [2.05, 4.69) is 62.3 Å². The molecule has 0 amide bonds. The lowest BCUT2D eigenvalue weighted by molar-refractivity contribution is 0.583. The Morgan fingerprint density at radius 1 is 0.842 bits per heavy atom. The van der Waals surface area contributed by atoms with Gasteiger partial charge in [0.05, 0.1) is 0 Å². The van der Waals surface area contributed by atoms with Gasteiger partial charge in [-0.3, -0.25) is 5.43 Å². The Bertz CT molecular complexity index is 381. The molecule has 5 heteroatoms. The van der Waals surface area contributed by atoms with Gasteiger partial charge in [-0.15, -0.1) is 5.10 Å². The van der Waals surface area contributed by atoms with Crippen LogP contribution >= 0.6 is 11.8 Å². The molecule has 0 rings (SSSR count). The topological polar surface area (TPSA) is 49.1 Å². The lowest BCUT2D eigenvalue weighted by Gasteiger charge is -2.18. The van der Waals surface area contributed by atoms with Gasteiger partial charge in [0.25, 0.3) is 0 Å². The van der Waals surface area contributed by atoms with Crippen molar-refractivity contribution in [3.8, 4) is 0 Å². The number of nitrogens with one attached hydrogen (secondary N) is 1. The standard InChI is InChI=1S/C14H28N4S/c1-10(13(3,4)5)15-17-12(19-9)18-16-11(2)14(6,7)8/h1-9H3,(H,17,18)/b15-10-,16-11-. The largest absolute Gasteiger partial charge is 0.254 e. The van der Waals surface area contributed by atoms with Crippen molar-refractivity contribution in [3.63, 3.8) is 0 Å². The van der Waals surface area contributed by atoms with Gasteiger partial charge < -0.3 is 0 Å². The third-order valence-electron chi connectivity index (χ3n) is 2.97. The number of hydrogen-bond donors (Lipinski definition) is 1. The summed E-state index contributed by atoms with van der Waals surface area (Å²) in [6.45, 7) is 16.8. The summed E-state index contributed by atoms with van der Waals surface area (Å²) in [5.41, 5.74) is 5.10. The molecule has 110 valence electrons. The molecule has 0 radical (unpaired) electrons. The molecule has 0 aliphatic rings. The number of hydrogen-bond acceptors (Lipinski definition) is 4. The summed E-state index contributed by atoms with van der Waals surface area (Å²) in [5, 5.41) is 13.5. The van der Waals surface area contributed by atoms with Crippen LogP contribution in [-0.2, 0) is 0 Å². The van der Waals surface area contributed by atoms with Gasteiger partial charge in [0.2, 0.25) is 5.17 Å². The van der Waals surface area contributed by atoms with Gasteiger partial charge in [0.1, 0.15) is 0 Å². The Labute approximate surface area is 122 Å². The van der Waals surface area contributed by atoms with Crippen LogP contribution in [0.25, 0.3) is 0 Å². The van der Waals surface area contributed by atoms with Gasteiger partial charge in [0.15, 0.2) is 0 Å². The molecule has 0 aromatic rings. The molecule has 4 nitrogen and oxygen atoms in total. The van der Waals surface area contributed by atoms with Crippen molar-refractivity contribution in [3.05, 3.63) is 0 Å². The van der Waals surface area contributed by atoms with Gasteiger partial charge >= 0.3 is 0 Å². The SMILES string of the molecule is CS/C(=N\N=C(\C)C(C)(C)C)N/N=C(/C)C(C)(C)C. The summed E-state index contributed by atoms with van der Waals surface area (Å²) in [7, 11) is 0. The fourth-order valence-electron chi connectivity index (χ4n) is 0.679. The highest BCUT2D eigenvalue weighted by Gasteiger charge is 2.15. The third-order valence-corrected chi connectivity index (χ3v) is 3.53. The number of amidine groups is 1. The summed E-state index contributed by atoms with van der Waals surface area (Å²) in [5.74, 6) is 0. The van der Waals surface area contributed by atoms with Crippen molar-refractivity contribution in [1.82, 2.24) is 5.43 Å². The minimum Gasteiger partial charge on any atom is -0.254 e. The average molecular weight is 284 g/mol. The van der Waals surface area contributed by atoms with Gasteiger partial charge in [-0.2, -0.15) is 10.2 Å². The van der Waals surface area contributed by atoms with E-state index in [0.29, 0.717) is 5.17 Å². The van der Waals surface area contributed by atoms with E-state index in [-0.39, 0.29) is 10.8 Å². The van der Waals surface area contributed by atoms with Crippen molar-refractivity contribution >= 4 is 28.4 Å². The van der Waals surface area contributed by atoms with E-state index in [9.17, 15) is 0 Å². The molecule has 0 atom stereocenters. The van der Waals surface area contributed by atoms with Crippen LogP contribution in [0.3, 0.4) is 0 Å². The molecule has 0 saturated carbocycles. The molecule has 0 fully saturated rings. The zero-order chi connectivity index (χ0) is 15.3. The zero-order valence-corrected chi connectivity index (χ0v) is 14.6. The molecule has 0 aliphatic heterocycles. The second-order valence-electron chi connectivity index (χ2n) is 6.60. The minimum absolute atomic E-state index is 0.0393. The second-order valence-corrected chi connectivity index (χ2v) is 7.40. The minimum atomic E-state index is 0.0393. The normalized spacial score (nSPS) is 15.7. The van der Waals surface area contributed by atoms with Crippen molar-refractivity contribution < 1.29 is 0 Å². The molecular formula is C14H28N4S. The van der Waals surface area contributed by atoms with Crippen LogP contribution in [-0.4, -0.2) is 22.8 Å².